The van der Waals surface area contributed by atoms with Crippen LogP contribution in [0.3, 0.4) is 0 Å². The SMILES string of the molecule is Cc1ccccc1CNC(=O)NC1c2ccccc2CC1O. The lowest BCUT2D eigenvalue weighted by atomic mass is 10.1. The number of nitrogens with one attached hydrogen (secondary N) is 2. The van der Waals surface area contributed by atoms with Crippen molar-refractivity contribution in [3.8, 4) is 0 Å². The van der Waals surface area contributed by atoms with Gasteiger partial charge in [0.05, 0.1) is 12.1 Å². The Labute approximate surface area is 130 Å². The van der Waals surface area contributed by atoms with Gasteiger partial charge in [-0.25, -0.2) is 4.79 Å². The van der Waals surface area contributed by atoms with Gasteiger partial charge in [-0.1, -0.05) is 48.5 Å². The summed E-state index contributed by atoms with van der Waals surface area (Å²) in [7, 11) is 0. The quantitative estimate of drug-likeness (QED) is 0.815. The first-order valence-corrected chi connectivity index (χ1v) is 7.50. The predicted octanol–water partition coefficient (Wildman–Crippen LogP) is 2.45. The Balaban J connectivity index is 1.62. The Bertz CT molecular complexity index is 684. The lowest BCUT2D eigenvalue weighted by molar-refractivity contribution is 0.142. The first-order chi connectivity index (χ1) is 10.6. The number of carbonyl (C=O) groups excluding carboxylic acids is 1. The molecule has 1 aliphatic rings. The first kappa shape index (κ1) is 14.6. The molecule has 2 aromatic rings. The number of aliphatic hydroxyl groups is 1. The van der Waals surface area contributed by atoms with Crippen molar-refractivity contribution in [2.45, 2.75) is 32.0 Å². The number of aryl methyl sites for hydroxylation is 1. The normalized spacial score (nSPS) is 19.5. The van der Waals surface area contributed by atoms with E-state index in [1.54, 1.807) is 0 Å². The number of benzene rings is 2. The van der Waals surface area contributed by atoms with E-state index in [9.17, 15) is 9.90 Å². The van der Waals surface area contributed by atoms with Gasteiger partial charge in [0.1, 0.15) is 0 Å². The topological polar surface area (TPSA) is 61.4 Å². The van der Waals surface area contributed by atoms with Crippen LogP contribution in [0.15, 0.2) is 48.5 Å². The molecule has 3 N–H and O–H groups in total. The Morgan fingerprint density at radius 2 is 1.91 bits per heavy atom. The van der Waals surface area contributed by atoms with Gasteiger partial charge in [-0.05, 0) is 29.2 Å². The summed E-state index contributed by atoms with van der Waals surface area (Å²) < 4.78 is 0. The molecule has 2 unspecified atom stereocenters. The van der Waals surface area contributed by atoms with Crippen LogP contribution in [-0.4, -0.2) is 17.2 Å². The zero-order valence-electron chi connectivity index (χ0n) is 12.5. The van der Waals surface area contributed by atoms with E-state index >= 15 is 0 Å². The van der Waals surface area contributed by atoms with E-state index in [0.717, 1.165) is 22.3 Å². The van der Waals surface area contributed by atoms with Crippen LogP contribution in [0, 0.1) is 6.92 Å². The number of carbonyl (C=O) groups is 1. The van der Waals surface area contributed by atoms with E-state index in [2.05, 4.69) is 10.6 Å². The number of aliphatic hydroxyl groups excluding tert-OH is 1. The van der Waals surface area contributed by atoms with Crippen LogP contribution >= 0.6 is 0 Å². The van der Waals surface area contributed by atoms with E-state index < -0.39 is 6.10 Å². The van der Waals surface area contributed by atoms with Crippen LogP contribution < -0.4 is 10.6 Å². The van der Waals surface area contributed by atoms with Crippen LogP contribution in [0.25, 0.3) is 0 Å². The molecule has 22 heavy (non-hydrogen) atoms. The fraction of sp³-hybridized carbons (Fsp3) is 0.278. The van der Waals surface area contributed by atoms with Gasteiger partial charge in [-0.3, -0.25) is 0 Å². The van der Waals surface area contributed by atoms with Crippen molar-refractivity contribution in [2.75, 3.05) is 0 Å². The van der Waals surface area contributed by atoms with Gasteiger partial charge in [0.2, 0.25) is 0 Å². The second-order valence-corrected chi connectivity index (χ2v) is 5.70. The van der Waals surface area contributed by atoms with Crippen molar-refractivity contribution < 1.29 is 9.90 Å². The fourth-order valence-corrected chi connectivity index (χ4v) is 2.92. The van der Waals surface area contributed by atoms with Gasteiger partial charge in [-0.15, -0.1) is 0 Å². The fourth-order valence-electron chi connectivity index (χ4n) is 2.92. The minimum Gasteiger partial charge on any atom is -0.390 e. The van der Waals surface area contributed by atoms with Crippen molar-refractivity contribution in [2.24, 2.45) is 0 Å². The summed E-state index contributed by atoms with van der Waals surface area (Å²) >= 11 is 0. The molecule has 4 heteroatoms. The number of hydrogen-bond acceptors (Lipinski definition) is 2. The summed E-state index contributed by atoms with van der Waals surface area (Å²) in [6.07, 6.45) is 0.0143. The maximum Gasteiger partial charge on any atom is 0.315 e. The predicted molar refractivity (Wildman–Crippen MR) is 85.4 cm³/mol. The minimum absolute atomic E-state index is 0.260. The molecule has 0 bridgehead atoms. The van der Waals surface area contributed by atoms with Gasteiger partial charge in [0, 0.05) is 13.0 Å². The van der Waals surface area contributed by atoms with E-state index in [4.69, 9.17) is 0 Å². The third-order valence-corrected chi connectivity index (χ3v) is 4.19. The van der Waals surface area contributed by atoms with E-state index in [-0.39, 0.29) is 12.1 Å². The van der Waals surface area contributed by atoms with Gasteiger partial charge in [0.25, 0.3) is 0 Å². The Morgan fingerprint density at radius 1 is 1.18 bits per heavy atom. The molecule has 0 aromatic heterocycles. The monoisotopic (exact) mass is 296 g/mol. The second kappa shape index (κ2) is 6.20. The summed E-state index contributed by atoms with van der Waals surface area (Å²) in [5.41, 5.74) is 4.33. The van der Waals surface area contributed by atoms with Gasteiger partial charge in [0.15, 0.2) is 0 Å². The molecule has 0 spiro atoms. The van der Waals surface area contributed by atoms with Crippen molar-refractivity contribution in [3.05, 3.63) is 70.8 Å². The molecular weight excluding hydrogens is 276 g/mol. The third-order valence-electron chi connectivity index (χ3n) is 4.19. The number of urea groups is 1. The van der Waals surface area contributed by atoms with E-state index in [0.29, 0.717) is 13.0 Å². The molecule has 0 aliphatic heterocycles. The van der Waals surface area contributed by atoms with Gasteiger partial charge in [-0.2, -0.15) is 0 Å². The number of rotatable bonds is 3. The van der Waals surface area contributed by atoms with Crippen LogP contribution in [0.2, 0.25) is 0 Å². The van der Waals surface area contributed by atoms with Crippen molar-refractivity contribution in [1.29, 1.82) is 0 Å². The standard InChI is InChI=1S/C18H20N2O2/c1-12-6-2-3-8-14(12)11-19-18(22)20-17-15-9-5-4-7-13(15)10-16(17)21/h2-9,16-17,21H,10-11H2,1H3,(H2,19,20,22). The average Bonchev–Trinajstić information content (AvgIpc) is 2.83. The van der Waals surface area contributed by atoms with Crippen LogP contribution in [0.4, 0.5) is 4.79 Å². The van der Waals surface area contributed by atoms with Crippen molar-refractivity contribution in [3.63, 3.8) is 0 Å². The Hall–Kier alpha value is -2.33. The molecule has 0 saturated carbocycles. The molecule has 0 radical (unpaired) electrons. The van der Waals surface area contributed by atoms with E-state index in [1.807, 2.05) is 55.5 Å². The lowest BCUT2D eigenvalue weighted by Gasteiger charge is -2.18. The summed E-state index contributed by atoms with van der Waals surface area (Å²) in [5.74, 6) is 0. The highest BCUT2D eigenvalue weighted by atomic mass is 16.3. The molecule has 3 rings (SSSR count). The highest BCUT2D eigenvalue weighted by Gasteiger charge is 2.31. The van der Waals surface area contributed by atoms with E-state index in [1.165, 1.54) is 0 Å². The van der Waals surface area contributed by atoms with Crippen LogP contribution in [0.1, 0.15) is 28.3 Å². The molecule has 2 atom stereocenters. The molecule has 4 nitrogen and oxygen atoms in total. The number of amides is 2. The smallest absolute Gasteiger partial charge is 0.315 e. The molecular formula is C18H20N2O2. The molecule has 2 amide bonds. The summed E-state index contributed by atoms with van der Waals surface area (Å²) in [6.45, 7) is 2.49. The molecule has 114 valence electrons. The highest BCUT2D eigenvalue weighted by Crippen LogP contribution is 2.31. The summed E-state index contributed by atoms with van der Waals surface area (Å²) in [4.78, 5) is 12.1. The Kier molecular flexibility index (Phi) is 4.11. The largest absolute Gasteiger partial charge is 0.390 e. The van der Waals surface area contributed by atoms with Crippen LogP contribution in [-0.2, 0) is 13.0 Å². The first-order valence-electron chi connectivity index (χ1n) is 7.50. The lowest BCUT2D eigenvalue weighted by Crippen LogP contribution is -2.40. The molecule has 1 aliphatic carbocycles. The van der Waals surface area contributed by atoms with Gasteiger partial charge < -0.3 is 15.7 Å². The maximum absolute atomic E-state index is 12.1. The average molecular weight is 296 g/mol. The zero-order valence-corrected chi connectivity index (χ0v) is 12.5. The van der Waals surface area contributed by atoms with Gasteiger partial charge >= 0.3 is 6.03 Å². The maximum atomic E-state index is 12.1. The molecule has 0 heterocycles. The zero-order chi connectivity index (χ0) is 15.5. The molecule has 0 saturated heterocycles. The van der Waals surface area contributed by atoms with Crippen LogP contribution in [0.5, 0.6) is 0 Å². The number of hydrogen-bond donors (Lipinski definition) is 3. The van der Waals surface area contributed by atoms with Crippen molar-refractivity contribution >= 4 is 6.03 Å². The van der Waals surface area contributed by atoms with Crippen molar-refractivity contribution in [1.82, 2.24) is 10.6 Å². The highest BCUT2D eigenvalue weighted by molar-refractivity contribution is 5.74. The second-order valence-electron chi connectivity index (χ2n) is 5.70. The third kappa shape index (κ3) is 2.97. The summed E-state index contributed by atoms with van der Waals surface area (Å²) in [5, 5.41) is 15.9. The summed E-state index contributed by atoms with van der Waals surface area (Å²) in [6, 6.07) is 15.2. The Morgan fingerprint density at radius 3 is 2.73 bits per heavy atom. The number of fused-ring (bicyclic) bond motifs is 1. The minimum atomic E-state index is -0.568. The molecule has 2 aromatic carbocycles. The molecule has 0 fully saturated rings.